The molecule has 0 N–H and O–H groups in total. The third kappa shape index (κ3) is 4.26. The van der Waals surface area contributed by atoms with Crippen LogP contribution in [0.2, 0.25) is 0 Å². The third-order valence-corrected chi connectivity index (χ3v) is 8.63. The molecule has 0 radical (unpaired) electrons. The molecule has 2 heterocycles. The van der Waals surface area contributed by atoms with Crippen LogP contribution in [-0.4, -0.2) is 74.2 Å². The number of fused-ring (bicyclic) bond motifs is 1. The van der Waals surface area contributed by atoms with Crippen molar-refractivity contribution < 1.29 is 13.2 Å². The number of benzene rings is 1. The molecule has 1 saturated carbocycles. The van der Waals surface area contributed by atoms with E-state index >= 15 is 0 Å². The van der Waals surface area contributed by atoms with Crippen LogP contribution in [0.4, 0.5) is 0 Å². The van der Waals surface area contributed by atoms with Crippen LogP contribution >= 0.6 is 0 Å². The summed E-state index contributed by atoms with van der Waals surface area (Å²) in [5.74, 6) is 1.73. The maximum atomic E-state index is 12.8. The first-order valence-corrected chi connectivity index (χ1v) is 12.0. The summed E-state index contributed by atoms with van der Waals surface area (Å²) in [6, 6.07) is 8.59. The fourth-order valence-electron chi connectivity index (χ4n) is 4.99. The van der Waals surface area contributed by atoms with Crippen LogP contribution in [0.1, 0.15) is 32.1 Å². The number of nitrogens with zero attached hydrogens (tertiary/aromatic N) is 3. The van der Waals surface area contributed by atoms with Gasteiger partial charge in [0.1, 0.15) is 0 Å². The van der Waals surface area contributed by atoms with E-state index in [0.717, 1.165) is 25.4 Å². The van der Waals surface area contributed by atoms with Crippen molar-refractivity contribution in [1.29, 1.82) is 0 Å². The highest BCUT2D eigenvalue weighted by Crippen LogP contribution is 2.36. The van der Waals surface area contributed by atoms with Crippen LogP contribution < -0.4 is 0 Å². The van der Waals surface area contributed by atoms with Crippen molar-refractivity contribution in [2.75, 3.05) is 45.8 Å². The predicted molar refractivity (Wildman–Crippen MR) is 108 cm³/mol. The van der Waals surface area contributed by atoms with E-state index in [1.54, 1.807) is 24.3 Å². The molecule has 0 unspecified atom stereocenters. The SMILES string of the molecule is O=C(CN1CCN(S(=O)(=O)c2ccccc2)CC1)N1CC[C@@H]2CCCC[C@@H]2C1. The van der Waals surface area contributed by atoms with Crippen molar-refractivity contribution in [2.24, 2.45) is 11.8 Å². The molecular weight excluding hydrogens is 374 g/mol. The Balaban J connectivity index is 1.28. The van der Waals surface area contributed by atoms with Gasteiger partial charge in [-0.2, -0.15) is 4.31 Å². The number of piperazine rings is 1. The summed E-state index contributed by atoms with van der Waals surface area (Å²) in [6.45, 7) is 4.32. The number of sulfonamides is 1. The minimum Gasteiger partial charge on any atom is -0.341 e. The number of rotatable bonds is 4. The van der Waals surface area contributed by atoms with Crippen molar-refractivity contribution in [3.05, 3.63) is 30.3 Å². The number of carbonyl (C=O) groups is 1. The summed E-state index contributed by atoms with van der Waals surface area (Å²) in [7, 11) is -3.44. The fraction of sp³-hybridized carbons (Fsp3) is 0.667. The first-order chi connectivity index (χ1) is 13.5. The minimum atomic E-state index is -3.44. The zero-order valence-corrected chi connectivity index (χ0v) is 17.3. The lowest BCUT2D eigenvalue weighted by atomic mass is 9.75. The van der Waals surface area contributed by atoms with E-state index < -0.39 is 10.0 Å². The van der Waals surface area contributed by atoms with E-state index in [0.29, 0.717) is 43.5 Å². The Morgan fingerprint density at radius 3 is 2.29 bits per heavy atom. The molecule has 28 heavy (non-hydrogen) atoms. The van der Waals surface area contributed by atoms with E-state index in [9.17, 15) is 13.2 Å². The Kier molecular flexibility index (Phi) is 6.04. The summed E-state index contributed by atoms with van der Waals surface area (Å²) in [5.41, 5.74) is 0. The Bertz CT molecular complexity index is 775. The van der Waals surface area contributed by atoms with Crippen molar-refractivity contribution in [3.8, 4) is 0 Å². The first kappa shape index (κ1) is 19.9. The van der Waals surface area contributed by atoms with Crippen molar-refractivity contribution in [3.63, 3.8) is 0 Å². The third-order valence-electron chi connectivity index (χ3n) is 6.72. The maximum Gasteiger partial charge on any atom is 0.243 e. The fourth-order valence-corrected chi connectivity index (χ4v) is 6.43. The van der Waals surface area contributed by atoms with Gasteiger partial charge < -0.3 is 4.90 Å². The van der Waals surface area contributed by atoms with Crippen LogP contribution in [0.5, 0.6) is 0 Å². The van der Waals surface area contributed by atoms with Gasteiger partial charge in [0, 0.05) is 39.3 Å². The van der Waals surface area contributed by atoms with Crippen molar-refractivity contribution >= 4 is 15.9 Å². The van der Waals surface area contributed by atoms with Crippen molar-refractivity contribution in [2.45, 2.75) is 37.0 Å². The number of amides is 1. The first-order valence-electron chi connectivity index (χ1n) is 10.6. The standard InChI is InChI=1S/C21H31N3O3S/c25-21(23-11-10-18-6-4-5-7-19(18)16-23)17-22-12-14-24(15-13-22)28(26,27)20-8-2-1-3-9-20/h1-3,8-9,18-19H,4-7,10-17H2/t18-,19+/m0/s1. The molecule has 2 atom stereocenters. The van der Waals surface area contributed by atoms with Gasteiger partial charge in [0.2, 0.25) is 15.9 Å². The van der Waals surface area contributed by atoms with Crippen LogP contribution in [0.25, 0.3) is 0 Å². The number of carbonyl (C=O) groups excluding carboxylic acids is 1. The molecule has 1 aromatic carbocycles. The smallest absolute Gasteiger partial charge is 0.243 e. The van der Waals surface area contributed by atoms with Gasteiger partial charge in [-0.05, 0) is 36.8 Å². The Morgan fingerprint density at radius 1 is 0.893 bits per heavy atom. The molecule has 2 saturated heterocycles. The van der Waals surface area contributed by atoms with Crippen molar-refractivity contribution in [1.82, 2.24) is 14.1 Å². The van der Waals surface area contributed by atoms with Gasteiger partial charge in [0.25, 0.3) is 0 Å². The zero-order chi connectivity index (χ0) is 19.6. The van der Waals surface area contributed by atoms with Gasteiger partial charge in [-0.3, -0.25) is 9.69 Å². The minimum absolute atomic E-state index is 0.211. The lowest BCUT2D eigenvalue weighted by Gasteiger charge is -2.42. The quantitative estimate of drug-likeness (QED) is 0.769. The maximum absolute atomic E-state index is 12.8. The van der Waals surface area contributed by atoms with Gasteiger partial charge in [-0.15, -0.1) is 0 Å². The molecule has 0 spiro atoms. The number of piperidine rings is 1. The van der Waals surface area contributed by atoms with E-state index in [2.05, 4.69) is 9.80 Å². The molecule has 4 rings (SSSR count). The largest absolute Gasteiger partial charge is 0.341 e. The molecule has 1 aromatic rings. The van der Waals surface area contributed by atoms with Gasteiger partial charge in [-0.1, -0.05) is 37.5 Å². The molecule has 154 valence electrons. The lowest BCUT2D eigenvalue weighted by Crippen LogP contribution is -2.53. The second-order valence-corrected chi connectivity index (χ2v) is 10.4. The van der Waals surface area contributed by atoms with Gasteiger partial charge in [0.15, 0.2) is 0 Å². The van der Waals surface area contributed by atoms with E-state index in [1.807, 2.05) is 6.07 Å². The summed E-state index contributed by atoms with van der Waals surface area (Å²) < 4.78 is 27.0. The lowest BCUT2D eigenvalue weighted by molar-refractivity contribution is -0.135. The van der Waals surface area contributed by atoms with Gasteiger partial charge in [0.05, 0.1) is 11.4 Å². The average Bonchev–Trinajstić information content (AvgIpc) is 2.74. The molecule has 1 aliphatic carbocycles. The summed E-state index contributed by atoms with van der Waals surface area (Å²) in [5, 5.41) is 0. The van der Waals surface area contributed by atoms with Crippen LogP contribution in [-0.2, 0) is 14.8 Å². The predicted octanol–water partition coefficient (Wildman–Crippen LogP) is 2.03. The molecule has 7 heteroatoms. The van der Waals surface area contributed by atoms with Crippen LogP contribution in [0.3, 0.4) is 0 Å². The highest BCUT2D eigenvalue weighted by molar-refractivity contribution is 7.89. The molecule has 3 aliphatic rings. The molecule has 3 fully saturated rings. The molecule has 0 aromatic heterocycles. The monoisotopic (exact) mass is 405 g/mol. The Labute approximate surface area is 168 Å². The Hall–Kier alpha value is -1.44. The highest BCUT2D eigenvalue weighted by atomic mass is 32.2. The van der Waals surface area contributed by atoms with Gasteiger partial charge >= 0.3 is 0 Å². The average molecular weight is 406 g/mol. The summed E-state index contributed by atoms with van der Waals surface area (Å²) in [6.07, 6.45) is 6.42. The van der Waals surface area contributed by atoms with E-state index in [1.165, 1.54) is 30.0 Å². The molecule has 1 amide bonds. The summed E-state index contributed by atoms with van der Waals surface area (Å²) >= 11 is 0. The second kappa shape index (κ2) is 8.51. The number of hydrogen-bond donors (Lipinski definition) is 0. The summed E-state index contributed by atoms with van der Waals surface area (Å²) in [4.78, 5) is 17.3. The Morgan fingerprint density at radius 2 is 1.57 bits per heavy atom. The van der Waals surface area contributed by atoms with Gasteiger partial charge in [-0.25, -0.2) is 8.42 Å². The van der Waals surface area contributed by atoms with Crippen LogP contribution in [0, 0.1) is 11.8 Å². The van der Waals surface area contributed by atoms with Crippen LogP contribution in [0.15, 0.2) is 35.2 Å². The van der Waals surface area contributed by atoms with E-state index in [4.69, 9.17) is 0 Å². The molecular formula is C21H31N3O3S. The topological polar surface area (TPSA) is 60.9 Å². The normalized spacial score (nSPS) is 27.4. The zero-order valence-electron chi connectivity index (χ0n) is 16.5. The number of hydrogen-bond acceptors (Lipinski definition) is 4. The molecule has 6 nitrogen and oxygen atoms in total. The molecule has 2 aliphatic heterocycles. The highest BCUT2D eigenvalue weighted by Gasteiger charge is 2.34. The second-order valence-electron chi connectivity index (χ2n) is 8.43. The molecule has 0 bridgehead atoms. The number of likely N-dealkylation sites (tertiary alicyclic amines) is 1. The van der Waals surface area contributed by atoms with E-state index in [-0.39, 0.29) is 5.91 Å².